The number of alkyl halides is 3. The second-order valence-corrected chi connectivity index (χ2v) is 5.28. The van der Waals surface area contributed by atoms with E-state index in [1.165, 1.54) is 11.3 Å². The number of hydrogen-bond donors (Lipinski definition) is 1. The van der Waals surface area contributed by atoms with E-state index in [1.807, 2.05) is 0 Å². The van der Waals surface area contributed by atoms with Crippen LogP contribution in [0.4, 0.5) is 13.2 Å². The molecular formula is C8H8BrF3O2S. The van der Waals surface area contributed by atoms with Gasteiger partial charge in [0.15, 0.2) is 0 Å². The summed E-state index contributed by atoms with van der Waals surface area (Å²) in [5.74, 6) is 0. The van der Waals surface area contributed by atoms with Gasteiger partial charge in [-0.05, 0) is 28.1 Å². The molecule has 0 amide bonds. The molecular weight excluding hydrogens is 297 g/mol. The van der Waals surface area contributed by atoms with Crippen molar-refractivity contribution in [2.24, 2.45) is 0 Å². The van der Waals surface area contributed by atoms with Crippen LogP contribution in [0.15, 0.2) is 15.9 Å². The smallest absolute Gasteiger partial charge is 0.385 e. The number of halogens is 4. The third-order valence-corrected chi connectivity index (χ3v) is 3.19. The molecule has 0 bridgehead atoms. The maximum atomic E-state index is 11.7. The zero-order valence-electron chi connectivity index (χ0n) is 7.42. The first-order valence-electron chi connectivity index (χ1n) is 3.96. The fraction of sp³-hybridized carbons (Fsp3) is 0.500. The third kappa shape index (κ3) is 4.96. The molecule has 0 aliphatic carbocycles. The Balaban J connectivity index is 2.34. The molecule has 0 saturated carbocycles. The minimum atomic E-state index is -4.35. The van der Waals surface area contributed by atoms with Crippen LogP contribution >= 0.6 is 27.3 Å². The van der Waals surface area contributed by atoms with E-state index in [0.717, 1.165) is 3.79 Å². The summed E-state index contributed by atoms with van der Waals surface area (Å²) in [5, 5.41) is 9.43. The maximum absolute atomic E-state index is 11.7. The van der Waals surface area contributed by atoms with Crippen LogP contribution in [0.5, 0.6) is 0 Å². The van der Waals surface area contributed by atoms with Gasteiger partial charge >= 0.3 is 6.18 Å². The number of aliphatic hydroxyl groups is 1. The van der Waals surface area contributed by atoms with Gasteiger partial charge in [0.1, 0.15) is 12.7 Å². The van der Waals surface area contributed by atoms with Crippen molar-refractivity contribution in [3.05, 3.63) is 20.8 Å². The van der Waals surface area contributed by atoms with Crippen LogP contribution in [0.2, 0.25) is 0 Å². The molecule has 1 aromatic rings. The van der Waals surface area contributed by atoms with Gasteiger partial charge in [0.2, 0.25) is 0 Å². The zero-order valence-corrected chi connectivity index (χ0v) is 9.82. The standard InChI is InChI=1S/C8H8BrF3O2S/c9-7-2-1-6(15-7)5(13)3-14-4-8(10,11)12/h1-2,5,13H,3-4H2. The van der Waals surface area contributed by atoms with Crippen LogP contribution in [0, 0.1) is 0 Å². The predicted octanol–water partition coefficient (Wildman–Crippen LogP) is 3.12. The first-order chi connectivity index (χ1) is 6.88. The summed E-state index contributed by atoms with van der Waals surface area (Å²) in [6.07, 6.45) is -5.36. The first kappa shape index (κ1) is 13.0. The third-order valence-electron chi connectivity index (χ3n) is 1.46. The van der Waals surface area contributed by atoms with Crippen molar-refractivity contribution in [3.63, 3.8) is 0 Å². The van der Waals surface area contributed by atoms with Crippen LogP contribution in [0.25, 0.3) is 0 Å². The molecule has 1 heterocycles. The van der Waals surface area contributed by atoms with Crippen molar-refractivity contribution < 1.29 is 23.0 Å². The van der Waals surface area contributed by atoms with E-state index in [1.54, 1.807) is 12.1 Å². The van der Waals surface area contributed by atoms with Gasteiger partial charge in [-0.1, -0.05) is 0 Å². The van der Waals surface area contributed by atoms with Crippen LogP contribution in [-0.4, -0.2) is 24.5 Å². The van der Waals surface area contributed by atoms with E-state index in [-0.39, 0.29) is 6.61 Å². The van der Waals surface area contributed by atoms with Crippen molar-refractivity contribution in [3.8, 4) is 0 Å². The molecule has 0 radical (unpaired) electrons. The number of thiophene rings is 1. The van der Waals surface area contributed by atoms with E-state index < -0.39 is 18.9 Å². The van der Waals surface area contributed by atoms with Gasteiger partial charge in [-0.2, -0.15) is 13.2 Å². The summed E-state index contributed by atoms with van der Waals surface area (Å²) < 4.78 is 40.3. The Kier molecular flexibility index (Phi) is 4.57. The summed E-state index contributed by atoms with van der Waals surface area (Å²) in [6, 6.07) is 3.35. The molecule has 1 atom stereocenters. The molecule has 0 aliphatic heterocycles. The average Bonchev–Trinajstić information content (AvgIpc) is 2.49. The molecule has 7 heteroatoms. The van der Waals surface area contributed by atoms with Crippen LogP contribution in [-0.2, 0) is 4.74 Å². The van der Waals surface area contributed by atoms with Crippen molar-refractivity contribution in [1.82, 2.24) is 0 Å². The molecule has 2 nitrogen and oxygen atoms in total. The highest BCUT2D eigenvalue weighted by Crippen LogP contribution is 2.27. The zero-order chi connectivity index (χ0) is 11.5. The highest BCUT2D eigenvalue weighted by atomic mass is 79.9. The predicted molar refractivity (Wildman–Crippen MR) is 53.9 cm³/mol. The Hall–Kier alpha value is -0.110. The quantitative estimate of drug-likeness (QED) is 0.926. The van der Waals surface area contributed by atoms with Crippen molar-refractivity contribution >= 4 is 27.3 Å². The monoisotopic (exact) mass is 304 g/mol. The minimum Gasteiger partial charge on any atom is -0.385 e. The van der Waals surface area contributed by atoms with Crippen molar-refractivity contribution in [1.29, 1.82) is 0 Å². The molecule has 0 saturated heterocycles. The average molecular weight is 305 g/mol. The lowest BCUT2D eigenvalue weighted by Gasteiger charge is -2.10. The van der Waals surface area contributed by atoms with Crippen molar-refractivity contribution in [2.45, 2.75) is 12.3 Å². The van der Waals surface area contributed by atoms with Gasteiger partial charge in [0, 0.05) is 4.88 Å². The van der Waals surface area contributed by atoms with Crippen molar-refractivity contribution in [2.75, 3.05) is 13.2 Å². The summed E-state index contributed by atoms with van der Waals surface area (Å²) in [7, 11) is 0. The number of rotatable bonds is 4. The number of aliphatic hydroxyl groups excluding tert-OH is 1. The highest BCUT2D eigenvalue weighted by Gasteiger charge is 2.28. The highest BCUT2D eigenvalue weighted by molar-refractivity contribution is 9.11. The van der Waals surface area contributed by atoms with E-state index in [4.69, 9.17) is 0 Å². The summed E-state index contributed by atoms with van der Waals surface area (Å²) in [4.78, 5) is 0.573. The van der Waals surface area contributed by atoms with Gasteiger partial charge in [-0.3, -0.25) is 0 Å². The molecule has 15 heavy (non-hydrogen) atoms. The minimum absolute atomic E-state index is 0.355. The largest absolute Gasteiger partial charge is 0.411 e. The van der Waals surface area contributed by atoms with E-state index in [9.17, 15) is 18.3 Å². The molecule has 0 aromatic carbocycles. The molecule has 1 unspecified atom stereocenters. The molecule has 86 valence electrons. The van der Waals surface area contributed by atoms with Crippen LogP contribution < -0.4 is 0 Å². The maximum Gasteiger partial charge on any atom is 0.411 e. The fourth-order valence-corrected chi connectivity index (χ4v) is 2.27. The lowest BCUT2D eigenvalue weighted by atomic mass is 10.3. The Bertz CT molecular complexity index is 313. The van der Waals surface area contributed by atoms with E-state index in [2.05, 4.69) is 20.7 Å². The lowest BCUT2D eigenvalue weighted by Crippen LogP contribution is -2.19. The first-order valence-corrected chi connectivity index (χ1v) is 5.57. The fourth-order valence-electron chi connectivity index (χ4n) is 0.876. The van der Waals surface area contributed by atoms with Gasteiger partial charge in [0.05, 0.1) is 10.4 Å². The topological polar surface area (TPSA) is 29.5 Å². The van der Waals surface area contributed by atoms with E-state index >= 15 is 0 Å². The lowest BCUT2D eigenvalue weighted by molar-refractivity contribution is -0.179. The van der Waals surface area contributed by atoms with Gasteiger partial charge in [-0.25, -0.2) is 0 Å². The normalized spacial score (nSPS) is 14.2. The Labute approximate surface area is 96.8 Å². The molecule has 1 N–H and O–H groups in total. The second kappa shape index (κ2) is 5.29. The van der Waals surface area contributed by atoms with E-state index in [0.29, 0.717) is 4.88 Å². The Morgan fingerprint density at radius 3 is 2.60 bits per heavy atom. The Morgan fingerprint density at radius 2 is 2.13 bits per heavy atom. The molecule has 1 rings (SSSR count). The SMILES string of the molecule is OC(COCC(F)(F)F)c1ccc(Br)s1. The van der Waals surface area contributed by atoms with Gasteiger partial charge in [-0.15, -0.1) is 11.3 Å². The van der Waals surface area contributed by atoms with Crippen LogP contribution in [0.3, 0.4) is 0 Å². The van der Waals surface area contributed by atoms with Crippen LogP contribution in [0.1, 0.15) is 11.0 Å². The van der Waals surface area contributed by atoms with Gasteiger partial charge < -0.3 is 9.84 Å². The molecule has 0 spiro atoms. The Morgan fingerprint density at radius 1 is 1.47 bits per heavy atom. The number of ether oxygens (including phenoxy) is 1. The second-order valence-electron chi connectivity index (χ2n) is 2.79. The summed E-state index contributed by atoms with van der Waals surface area (Å²) >= 11 is 4.45. The summed E-state index contributed by atoms with van der Waals surface area (Å²) in [6.45, 7) is -1.69. The molecule has 1 aromatic heterocycles. The molecule has 0 aliphatic rings. The molecule has 0 fully saturated rings. The number of hydrogen-bond acceptors (Lipinski definition) is 3. The van der Waals surface area contributed by atoms with Gasteiger partial charge in [0.25, 0.3) is 0 Å². The summed E-state index contributed by atoms with van der Waals surface area (Å²) in [5.41, 5.74) is 0.